The van der Waals surface area contributed by atoms with Gasteiger partial charge in [-0.3, -0.25) is 9.36 Å². The van der Waals surface area contributed by atoms with E-state index in [1.807, 2.05) is 30.3 Å². The summed E-state index contributed by atoms with van der Waals surface area (Å²) in [5.74, 6) is 0.514. The largest absolute Gasteiger partial charge is 0.301 e. The van der Waals surface area contributed by atoms with Crippen LogP contribution in [0.15, 0.2) is 51.9 Å². The van der Waals surface area contributed by atoms with Crippen LogP contribution in [0, 0.1) is 0 Å². The number of thioether (sulfide) groups is 1. The van der Waals surface area contributed by atoms with Gasteiger partial charge in [0.1, 0.15) is 4.83 Å². The average molecular weight is 404 g/mol. The number of thiophene rings is 1. The first-order chi connectivity index (χ1) is 12.5. The number of halogens is 1. The summed E-state index contributed by atoms with van der Waals surface area (Å²) >= 11 is 9.03. The molecule has 0 N–H and O–H groups in total. The number of benzene rings is 1. The van der Waals surface area contributed by atoms with Crippen molar-refractivity contribution in [3.05, 3.63) is 62.7 Å². The fraction of sp³-hybridized carbons (Fsp3) is 0.263. The van der Waals surface area contributed by atoms with Gasteiger partial charge in [-0.15, -0.1) is 11.3 Å². The third-order valence-electron chi connectivity index (χ3n) is 4.41. The molecule has 0 atom stereocenters. The van der Waals surface area contributed by atoms with E-state index in [1.54, 1.807) is 15.9 Å². The van der Waals surface area contributed by atoms with Gasteiger partial charge in [-0.2, -0.15) is 0 Å². The van der Waals surface area contributed by atoms with E-state index in [0.29, 0.717) is 15.9 Å². The van der Waals surface area contributed by atoms with E-state index < -0.39 is 0 Å². The second-order valence-corrected chi connectivity index (χ2v) is 8.91. The zero-order valence-corrected chi connectivity index (χ0v) is 16.8. The maximum atomic E-state index is 13.5. The molecule has 0 radical (unpaired) electrons. The molecule has 26 heavy (non-hydrogen) atoms. The van der Waals surface area contributed by atoms with Crippen LogP contribution in [0.3, 0.4) is 0 Å². The zero-order chi connectivity index (χ0) is 18.3. The molecule has 0 spiro atoms. The number of likely N-dealkylation sites (N-methyl/N-ethyl adjacent to an activating group) is 1. The topological polar surface area (TPSA) is 38.1 Å². The van der Waals surface area contributed by atoms with E-state index in [1.165, 1.54) is 22.2 Å². The molecule has 1 aliphatic rings. The number of para-hydroxylation sites is 1. The van der Waals surface area contributed by atoms with Gasteiger partial charge in [0.2, 0.25) is 0 Å². The molecule has 0 amide bonds. The van der Waals surface area contributed by atoms with Gasteiger partial charge in [0.05, 0.1) is 11.1 Å². The number of hydrogen-bond acceptors (Lipinski definition) is 5. The number of nitrogens with zero attached hydrogens (tertiary/aromatic N) is 3. The highest BCUT2D eigenvalue weighted by atomic mass is 35.5. The molecule has 0 unspecified atom stereocenters. The quantitative estimate of drug-likeness (QED) is 0.481. The number of rotatable bonds is 4. The van der Waals surface area contributed by atoms with Crippen molar-refractivity contribution in [2.45, 2.75) is 18.1 Å². The van der Waals surface area contributed by atoms with Gasteiger partial charge in [0.15, 0.2) is 5.16 Å². The second-order valence-electron chi connectivity index (χ2n) is 6.35. The Kier molecular flexibility index (Phi) is 4.92. The number of aromatic nitrogens is 2. The molecule has 4 nitrogen and oxygen atoms in total. The molecule has 1 aliphatic heterocycles. The van der Waals surface area contributed by atoms with Crippen LogP contribution in [0.2, 0.25) is 0 Å². The van der Waals surface area contributed by atoms with Crippen molar-refractivity contribution in [1.82, 2.24) is 14.5 Å². The smallest absolute Gasteiger partial charge is 0.267 e. The Morgan fingerprint density at radius 2 is 2.15 bits per heavy atom. The van der Waals surface area contributed by atoms with Crippen molar-refractivity contribution in [2.24, 2.45) is 0 Å². The van der Waals surface area contributed by atoms with Crippen LogP contribution in [0.5, 0.6) is 0 Å². The van der Waals surface area contributed by atoms with Crippen molar-refractivity contribution in [3.8, 4) is 5.69 Å². The van der Waals surface area contributed by atoms with Gasteiger partial charge >= 0.3 is 0 Å². The minimum atomic E-state index is 0.00550. The summed E-state index contributed by atoms with van der Waals surface area (Å²) in [4.78, 5) is 22.7. The Labute approximate surface area is 165 Å². The predicted octanol–water partition coefficient (Wildman–Crippen LogP) is 4.28. The summed E-state index contributed by atoms with van der Waals surface area (Å²) in [5, 5.41) is 1.97. The lowest BCUT2D eigenvalue weighted by Gasteiger charge is -2.21. The van der Waals surface area contributed by atoms with E-state index in [2.05, 4.69) is 18.5 Å². The maximum Gasteiger partial charge on any atom is 0.267 e. The minimum absolute atomic E-state index is 0.00550. The lowest BCUT2D eigenvalue weighted by molar-refractivity contribution is 0.318. The van der Waals surface area contributed by atoms with Crippen molar-refractivity contribution in [2.75, 3.05) is 19.3 Å². The van der Waals surface area contributed by atoms with Crippen LogP contribution in [0.25, 0.3) is 15.9 Å². The Balaban J connectivity index is 1.96. The number of hydrogen-bond donors (Lipinski definition) is 0. The average Bonchev–Trinajstić information content (AvgIpc) is 2.98. The highest BCUT2D eigenvalue weighted by molar-refractivity contribution is 7.99. The van der Waals surface area contributed by atoms with Crippen LogP contribution in [-0.4, -0.2) is 33.8 Å². The summed E-state index contributed by atoms with van der Waals surface area (Å²) in [6.07, 6.45) is 0.891. The monoisotopic (exact) mass is 403 g/mol. The third kappa shape index (κ3) is 3.22. The molecule has 0 saturated carbocycles. The summed E-state index contributed by atoms with van der Waals surface area (Å²) in [7, 11) is 2.11. The van der Waals surface area contributed by atoms with Crippen molar-refractivity contribution < 1.29 is 0 Å². The molecule has 134 valence electrons. The molecule has 0 fully saturated rings. The van der Waals surface area contributed by atoms with Gasteiger partial charge in [-0.1, -0.05) is 48.1 Å². The molecule has 3 aromatic rings. The Bertz CT molecular complexity index is 1040. The Hall–Kier alpha value is -1.60. The van der Waals surface area contributed by atoms with E-state index in [4.69, 9.17) is 16.6 Å². The SMILES string of the molecule is C=C(Cl)CSc1nc2sc3c(c2c(=O)n1-c1ccccc1)CCN(C)C3. The third-order valence-corrected chi connectivity index (χ3v) is 6.83. The van der Waals surface area contributed by atoms with Gasteiger partial charge in [-0.05, 0) is 31.2 Å². The maximum absolute atomic E-state index is 13.5. The molecule has 7 heteroatoms. The van der Waals surface area contributed by atoms with Crippen molar-refractivity contribution in [3.63, 3.8) is 0 Å². The first kappa shape index (κ1) is 17.8. The zero-order valence-electron chi connectivity index (χ0n) is 14.4. The van der Waals surface area contributed by atoms with Crippen LogP contribution in [0.4, 0.5) is 0 Å². The first-order valence-corrected chi connectivity index (χ1v) is 10.5. The molecule has 2 aromatic heterocycles. The van der Waals surface area contributed by atoms with Crippen LogP contribution in [-0.2, 0) is 13.0 Å². The van der Waals surface area contributed by atoms with Gasteiger partial charge in [0, 0.05) is 28.8 Å². The summed E-state index contributed by atoms with van der Waals surface area (Å²) in [6, 6.07) is 9.66. The normalized spacial score (nSPS) is 14.5. The molecular formula is C19H18ClN3OS2. The summed E-state index contributed by atoms with van der Waals surface area (Å²) in [6.45, 7) is 5.59. The lowest BCUT2D eigenvalue weighted by Crippen LogP contribution is -2.27. The fourth-order valence-corrected chi connectivity index (χ4v) is 5.47. The molecule has 0 saturated heterocycles. The van der Waals surface area contributed by atoms with Gasteiger partial charge in [0.25, 0.3) is 5.56 Å². The van der Waals surface area contributed by atoms with Crippen molar-refractivity contribution in [1.29, 1.82) is 0 Å². The number of fused-ring (bicyclic) bond motifs is 3. The molecular weight excluding hydrogens is 386 g/mol. The molecule has 0 bridgehead atoms. The predicted molar refractivity (Wildman–Crippen MR) is 111 cm³/mol. The first-order valence-electron chi connectivity index (χ1n) is 8.32. The van der Waals surface area contributed by atoms with Gasteiger partial charge in [-0.25, -0.2) is 4.98 Å². The van der Waals surface area contributed by atoms with Crippen LogP contribution < -0.4 is 5.56 Å². The van der Waals surface area contributed by atoms with E-state index in [-0.39, 0.29) is 5.56 Å². The highest BCUT2D eigenvalue weighted by Crippen LogP contribution is 2.34. The molecule has 4 rings (SSSR count). The van der Waals surface area contributed by atoms with E-state index in [9.17, 15) is 4.79 Å². The van der Waals surface area contributed by atoms with Gasteiger partial charge < -0.3 is 4.90 Å². The standard InChI is InChI=1S/C19H18ClN3OS2/c1-12(20)11-25-19-21-17-16(14-8-9-22(2)10-15(14)26-17)18(24)23(19)13-6-4-3-5-7-13/h3-7H,1,8-11H2,2H3. The molecule has 3 heterocycles. The van der Waals surface area contributed by atoms with E-state index in [0.717, 1.165) is 35.4 Å². The van der Waals surface area contributed by atoms with Crippen LogP contribution in [0.1, 0.15) is 10.4 Å². The highest BCUT2D eigenvalue weighted by Gasteiger charge is 2.24. The second kappa shape index (κ2) is 7.19. The summed E-state index contributed by atoms with van der Waals surface area (Å²) in [5.41, 5.74) is 2.00. The Morgan fingerprint density at radius 1 is 1.38 bits per heavy atom. The lowest BCUT2D eigenvalue weighted by atomic mass is 10.1. The summed E-state index contributed by atoms with van der Waals surface area (Å²) < 4.78 is 1.71. The van der Waals surface area contributed by atoms with E-state index >= 15 is 0 Å². The van der Waals surface area contributed by atoms with Crippen molar-refractivity contribution >= 4 is 44.9 Å². The van der Waals surface area contributed by atoms with Crippen LogP contribution >= 0.6 is 34.7 Å². The Morgan fingerprint density at radius 3 is 2.88 bits per heavy atom. The minimum Gasteiger partial charge on any atom is -0.301 e. The molecule has 1 aromatic carbocycles. The fourth-order valence-electron chi connectivity index (χ4n) is 3.20. The molecule has 0 aliphatic carbocycles.